The number of methoxy groups -OCH3 is 2. The molecule has 0 spiro atoms. The number of amides is 1. The largest absolute Gasteiger partial charge is 0.493 e. The Morgan fingerprint density at radius 3 is 2.25 bits per heavy atom. The van der Waals surface area contributed by atoms with Crippen molar-refractivity contribution in [2.45, 2.75) is 25.7 Å². The highest BCUT2D eigenvalue weighted by atomic mass is 32.2. The zero-order valence-corrected chi connectivity index (χ0v) is 23.9. The number of anilines is 1. The maximum absolute atomic E-state index is 13.7. The number of aryl methyl sites for hydroxylation is 2. The SMILES string of the molecule is COc1ccc(S(=O)(=O)N(CC(=O)N/N=C/c2cc(C)n(-c3ccccc3)c2C)c2ccc(C)cc2)cc1OC. The Morgan fingerprint density at radius 1 is 0.925 bits per heavy atom. The van der Waals surface area contributed by atoms with Gasteiger partial charge in [0, 0.05) is 28.7 Å². The summed E-state index contributed by atoms with van der Waals surface area (Å²) in [7, 11) is -1.26. The summed E-state index contributed by atoms with van der Waals surface area (Å²) in [6.45, 7) is 5.37. The molecule has 0 bridgehead atoms. The van der Waals surface area contributed by atoms with Crippen molar-refractivity contribution >= 4 is 27.8 Å². The molecule has 0 unspecified atom stereocenters. The van der Waals surface area contributed by atoms with Gasteiger partial charge in [0.05, 0.1) is 31.0 Å². The molecule has 4 aromatic rings. The van der Waals surface area contributed by atoms with Gasteiger partial charge in [-0.25, -0.2) is 13.8 Å². The second-order valence-electron chi connectivity index (χ2n) is 9.15. The van der Waals surface area contributed by atoms with Crippen LogP contribution in [0, 0.1) is 20.8 Å². The van der Waals surface area contributed by atoms with Crippen LogP contribution >= 0.6 is 0 Å². The normalized spacial score (nSPS) is 11.4. The minimum absolute atomic E-state index is 0.0459. The second-order valence-corrected chi connectivity index (χ2v) is 11.0. The van der Waals surface area contributed by atoms with Gasteiger partial charge in [-0.3, -0.25) is 9.10 Å². The lowest BCUT2D eigenvalue weighted by Gasteiger charge is -2.24. The van der Waals surface area contributed by atoms with E-state index in [4.69, 9.17) is 9.47 Å². The highest BCUT2D eigenvalue weighted by Crippen LogP contribution is 2.32. The first-order valence-electron chi connectivity index (χ1n) is 12.5. The molecule has 1 aromatic heterocycles. The Morgan fingerprint density at radius 2 is 1.60 bits per heavy atom. The van der Waals surface area contributed by atoms with Crippen molar-refractivity contribution < 1.29 is 22.7 Å². The average Bonchev–Trinajstić information content (AvgIpc) is 3.24. The molecular formula is C30H32N4O5S. The van der Waals surface area contributed by atoms with Crippen LogP contribution in [0.3, 0.4) is 0 Å². The lowest BCUT2D eigenvalue weighted by Crippen LogP contribution is -2.39. The van der Waals surface area contributed by atoms with E-state index in [1.54, 1.807) is 30.5 Å². The fraction of sp³-hybridized carbons (Fsp3) is 0.200. The van der Waals surface area contributed by atoms with Crippen molar-refractivity contribution in [3.63, 3.8) is 0 Å². The number of nitrogens with one attached hydrogen (secondary N) is 1. The first kappa shape index (κ1) is 28.4. The molecule has 1 heterocycles. The molecule has 0 fully saturated rings. The van der Waals surface area contributed by atoms with Crippen LogP contribution in [0.4, 0.5) is 5.69 Å². The lowest BCUT2D eigenvalue weighted by atomic mass is 10.2. The van der Waals surface area contributed by atoms with E-state index in [0.29, 0.717) is 11.4 Å². The Labute approximate surface area is 234 Å². The topological polar surface area (TPSA) is 102 Å². The third-order valence-electron chi connectivity index (χ3n) is 6.43. The maximum Gasteiger partial charge on any atom is 0.264 e. The number of benzene rings is 3. The maximum atomic E-state index is 13.7. The summed E-state index contributed by atoms with van der Waals surface area (Å²) in [5.74, 6) is 0.0503. The van der Waals surface area contributed by atoms with E-state index >= 15 is 0 Å². The molecule has 0 aliphatic heterocycles. The van der Waals surface area contributed by atoms with Crippen LogP contribution in [0.15, 0.2) is 88.9 Å². The van der Waals surface area contributed by atoms with E-state index in [0.717, 1.165) is 32.5 Å². The van der Waals surface area contributed by atoms with Crippen LogP contribution in [0.5, 0.6) is 11.5 Å². The second kappa shape index (κ2) is 12.1. The molecule has 40 heavy (non-hydrogen) atoms. The molecule has 1 amide bonds. The molecule has 0 atom stereocenters. The van der Waals surface area contributed by atoms with Gasteiger partial charge in [-0.05, 0) is 63.2 Å². The van der Waals surface area contributed by atoms with Gasteiger partial charge in [0.1, 0.15) is 6.54 Å². The third-order valence-corrected chi connectivity index (χ3v) is 8.20. The fourth-order valence-electron chi connectivity index (χ4n) is 4.36. The van der Waals surface area contributed by atoms with Crippen molar-refractivity contribution in [2.75, 3.05) is 25.1 Å². The quantitative estimate of drug-likeness (QED) is 0.223. The predicted octanol–water partition coefficient (Wildman–Crippen LogP) is 4.77. The van der Waals surface area contributed by atoms with Crippen LogP contribution in [0.1, 0.15) is 22.5 Å². The molecule has 0 saturated carbocycles. The number of rotatable bonds is 10. The lowest BCUT2D eigenvalue weighted by molar-refractivity contribution is -0.119. The molecule has 1 N–H and O–H groups in total. The van der Waals surface area contributed by atoms with Crippen LogP contribution in [0.2, 0.25) is 0 Å². The van der Waals surface area contributed by atoms with Gasteiger partial charge >= 0.3 is 0 Å². The number of hydrazone groups is 1. The van der Waals surface area contributed by atoms with E-state index in [1.165, 1.54) is 32.4 Å². The summed E-state index contributed by atoms with van der Waals surface area (Å²) in [5, 5.41) is 4.12. The molecule has 4 rings (SSSR count). The molecule has 208 valence electrons. The van der Waals surface area contributed by atoms with Gasteiger partial charge in [-0.1, -0.05) is 35.9 Å². The van der Waals surface area contributed by atoms with E-state index in [9.17, 15) is 13.2 Å². The average molecular weight is 561 g/mol. The van der Waals surface area contributed by atoms with E-state index in [-0.39, 0.29) is 10.6 Å². The number of sulfonamides is 1. The Kier molecular flexibility index (Phi) is 8.59. The number of aromatic nitrogens is 1. The van der Waals surface area contributed by atoms with Gasteiger partial charge in [0.2, 0.25) is 0 Å². The number of carbonyl (C=O) groups excluding carboxylic acids is 1. The summed E-state index contributed by atoms with van der Waals surface area (Å²) >= 11 is 0. The molecule has 0 radical (unpaired) electrons. The zero-order chi connectivity index (χ0) is 28.9. The number of hydrogen-bond acceptors (Lipinski definition) is 6. The van der Waals surface area contributed by atoms with Crippen molar-refractivity contribution in [2.24, 2.45) is 5.10 Å². The van der Waals surface area contributed by atoms with Crippen LogP contribution < -0.4 is 19.2 Å². The first-order chi connectivity index (χ1) is 19.1. The first-order valence-corrected chi connectivity index (χ1v) is 14.0. The van der Waals surface area contributed by atoms with Crippen LogP contribution in [-0.2, 0) is 14.8 Å². The highest BCUT2D eigenvalue weighted by Gasteiger charge is 2.28. The summed E-state index contributed by atoms with van der Waals surface area (Å²) in [4.78, 5) is 12.9. The van der Waals surface area contributed by atoms with Crippen LogP contribution in [-0.4, -0.2) is 45.9 Å². The molecule has 3 aromatic carbocycles. The molecule has 0 aliphatic carbocycles. The Balaban J connectivity index is 1.58. The van der Waals surface area contributed by atoms with Crippen molar-refractivity contribution in [3.05, 3.63) is 101 Å². The number of nitrogens with zero attached hydrogens (tertiary/aromatic N) is 3. The van der Waals surface area contributed by atoms with Gasteiger partial charge in [-0.15, -0.1) is 0 Å². The zero-order valence-electron chi connectivity index (χ0n) is 23.1. The molecular weight excluding hydrogens is 528 g/mol. The number of hydrogen-bond donors (Lipinski definition) is 1. The Hall–Kier alpha value is -4.57. The highest BCUT2D eigenvalue weighted by molar-refractivity contribution is 7.92. The van der Waals surface area contributed by atoms with E-state index in [1.807, 2.05) is 57.2 Å². The summed E-state index contributed by atoms with van der Waals surface area (Å²) in [5.41, 5.74) is 7.59. The smallest absolute Gasteiger partial charge is 0.264 e. The Bertz CT molecular complexity index is 1630. The minimum atomic E-state index is -4.15. The summed E-state index contributed by atoms with van der Waals surface area (Å²) in [6, 6.07) is 23.1. The number of para-hydroxylation sites is 1. The van der Waals surface area contributed by atoms with Crippen molar-refractivity contribution in [3.8, 4) is 17.2 Å². The summed E-state index contributed by atoms with van der Waals surface area (Å²) < 4.78 is 41.1. The standard InChI is InChI=1S/C30H32N4O5S/c1-21-11-13-25(14-12-21)33(40(36,37)27-15-16-28(38-4)29(18-27)39-5)20-30(35)32-31-19-24-17-22(2)34(23(24)3)26-9-7-6-8-10-26/h6-19H,20H2,1-5H3,(H,32,35)/b31-19+. The molecule has 0 aliphatic rings. The van der Waals surface area contributed by atoms with E-state index in [2.05, 4.69) is 15.1 Å². The van der Waals surface area contributed by atoms with Crippen molar-refractivity contribution in [1.82, 2.24) is 9.99 Å². The molecule has 0 saturated heterocycles. The monoisotopic (exact) mass is 560 g/mol. The third kappa shape index (κ3) is 6.02. The predicted molar refractivity (Wildman–Crippen MR) is 156 cm³/mol. The van der Waals surface area contributed by atoms with Crippen LogP contribution in [0.25, 0.3) is 5.69 Å². The number of carbonyl (C=O) groups is 1. The van der Waals surface area contributed by atoms with Crippen molar-refractivity contribution in [1.29, 1.82) is 0 Å². The van der Waals surface area contributed by atoms with Gasteiger partial charge in [0.25, 0.3) is 15.9 Å². The fourth-order valence-corrected chi connectivity index (χ4v) is 5.80. The number of ether oxygens (including phenoxy) is 2. The van der Waals surface area contributed by atoms with Gasteiger partial charge in [0.15, 0.2) is 11.5 Å². The minimum Gasteiger partial charge on any atom is -0.493 e. The summed E-state index contributed by atoms with van der Waals surface area (Å²) in [6.07, 6.45) is 1.55. The van der Waals surface area contributed by atoms with E-state index < -0.39 is 22.5 Å². The molecule has 9 nitrogen and oxygen atoms in total. The van der Waals surface area contributed by atoms with Gasteiger partial charge < -0.3 is 14.0 Å². The molecule has 10 heteroatoms. The van der Waals surface area contributed by atoms with Gasteiger partial charge in [-0.2, -0.15) is 5.10 Å².